The van der Waals surface area contributed by atoms with Crippen molar-refractivity contribution in [2.45, 2.75) is 19.0 Å². The van der Waals surface area contributed by atoms with Crippen LogP contribution < -0.4 is 4.90 Å². The number of Topliss-reactive ketones (excluding diaryl/α,β-unsaturated/α-hetero) is 1. The number of hydrogen-bond acceptors (Lipinski definition) is 7. The Hall–Kier alpha value is -4.14. The van der Waals surface area contributed by atoms with Gasteiger partial charge in [0.05, 0.1) is 28.5 Å². The molecule has 0 N–H and O–H groups in total. The summed E-state index contributed by atoms with van der Waals surface area (Å²) in [6.07, 6.45) is 5.02. The van der Waals surface area contributed by atoms with E-state index in [0.29, 0.717) is 16.8 Å². The zero-order valence-corrected chi connectivity index (χ0v) is 17.0. The third kappa shape index (κ3) is 2.78. The van der Waals surface area contributed by atoms with Gasteiger partial charge in [-0.1, -0.05) is 36.4 Å². The van der Waals surface area contributed by atoms with Crippen LogP contribution in [0.5, 0.6) is 0 Å². The number of nitrogens with zero attached hydrogens (tertiary/aromatic N) is 4. The van der Waals surface area contributed by atoms with Crippen LogP contribution in [0.3, 0.4) is 0 Å². The van der Waals surface area contributed by atoms with Crippen LogP contribution in [0.1, 0.15) is 15.9 Å². The molecule has 0 saturated carbocycles. The molecule has 0 aliphatic carbocycles. The number of carbonyl (C=O) groups is 3. The number of imide groups is 1. The number of ketones is 1. The van der Waals surface area contributed by atoms with E-state index in [1.54, 1.807) is 54.4 Å². The Balaban J connectivity index is 1.58. The maximum Gasteiger partial charge on any atom is 0.269 e. The van der Waals surface area contributed by atoms with E-state index in [4.69, 9.17) is 0 Å². The molecule has 32 heavy (non-hydrogen) atoms. The number of allylic oxidation sites excluding steroid dienone is 1. The summed E-state index contributed by atoms with van der Waals surface area (Å²) >= 11 is 0. The molecule has 3 aliphatic heterocycles. The second-order valence-electron chi connectivity index (χ2n) is 7.99. The first-order chi connectivity index (χ1) is 15.4. The Morgan fingerprint density at radius 3 is 2.47 bits per heavy atom. The van der Waals surface area contributed by atoms with Gasteiger partial charge in [-0.3, -0.25) is 29.5 Å². The van der Waals surface area contributed by atoms with Crippen molar-refractivity contribution in [3.63, 3.8) is 0 Å². The van der Waals surface area contributed by atoms with Crippen molar-refractivity contribution in [3.8, 4) is 0 Å². The normalized spacial score (nSPS) is 25.8. The van der Waals surface area contributed by atoms with Crippen LogP contribution in [-0.4, -0.2) is 45.8 Å². The average Bonchev–Trinajstić information content (AvgIpc) is 3.27. The predicted molar refractivity (Wildman–Crippen MR) is 115 cm³/mol. The third-order valence-electron chi connectivity index (χ3n) is 6.25. The number of fused-ring (bicyclic) bond motifs is 3. The number of non-ortho nitro benzene ring substituents is 1. The molecule has 0 aromatic heterocycles. The molecule has 3 heterocycles. The number of nitro benzene ring substituents is 1. The monoisotopic (exact) mass is 430 g/mol. The molecule has 2 saturated heterocycles. The fourth-order valence-electron chi connectivity index (χ4n) is 4.85. The van der Waals surface area contributed by atoms with Gasteiger partial charge in [0.1, 0.15) is 6.04 Å². The van der Waals surface area contributed by atoms with Crippen molar-refractivity contribution in [1.82, 2.24) is 5.01 Å². The van der Waals surface area contributed by atoms with Gasteiger partial charge in [0.15, 0.2) is 5.78 Å². The summed E-state index contributed by atoms with van der Waals surface area (Å²) < 4.78 is 0. The van der Waals surface area contributed by atoms with E-state index in [-0.39, 0.29) is 11.5 Å². The largest absolute Gasteiger partial charge is 0.292 e. The molecule has 5 rings (SSSR count). The highest BCUT2D eigenvalue weighted by molar-refractivity contribution is 6.25. The number of benzene rings is 2. The van der Waals surface area contributed by atoms with Crippen LogP contribution in [-0.2, 0) is 9.59 Å². The molecule has 3 aliphatic rings. The topological polar surface area (TPSA) is 113 Å². The maximum atomic E-state index is 13.6. The SMILES string of the molecule is Cc1cc([N+](=O)[O-])ccc1N1C(=O)[C@@H]2[C@H](C1=O)[C@H](C(=O)c1ccccc1)N1N=CC=C[C@H]21. The van der Waals surface area contributed by atoms with Crippen molar-refractivity contribution in [2.75, 3.05) is 4.90 Å². The molecule has 2 aromatic carbocycles. The van der Waals surface area contributed by atoms with Gasteiger partial charge in [-0.25, -0.2) is 4.90 Å². The summed E-state index contributed by atoms with van der Waals surface area (Å²) in [5.74, 6) is -2.89. The molecule has 2 fully saturated rings. The molecule has 2 amide bonds. The Kier molecular flexibility index (Phi) is 4.47. The molecular weight excluding hydrogens is 412 g/mol. The van der Waals surface area contributed by atoms with Crippen LogP contribution >= 0.6 is 0 Å². The molecule has 0 unspecified atom stereocenters. The molecule has 0 bridgehead atoms. The zero-order valence-electron chi connectivity index (χ0n) is 17.0. The number of nitro groups is 1. The number of anilines is 1. The van der Waals surface area contributed by atoms with E-state index in [2.05, 4.69) is 5.10 Å². The van der Waals surface area contributed by atoms with Gasteiger partial charge in [-0.05, 0) is 24.6 Å². The molecule has 0 radical (unpaired) electrons. The minimum absolute atomic E-state index is 0.126. The Labute approximate surface area is 182 Å². The van der Waals surface area contributed by atoms with Crippen molar-refractivity contribution in [2.24, 2.45) is 16.9 Å². The predicted octanol–water partition coefficient (Wildman–Crippen LogP) is 2.50. The van der Waals surface area contributed by atoms with Crippen molar-refractivity contribution >= 4 is 35.2 Å². The van der Waals surface area contributed by atoms with E-state index in [1.165, 1.54) is 24.4 Å². The summed E-state index contributed by atoms with van der Waals surface area (Å²) in [5, 5.41) is 17.0. The van der Waals surface area contributed by atoms with Gasteiger partial charge in [0, 0.05) is 23.9 Å². The number of aryl methyl sites for hydroxylation is 1. The fourth-order valence-corrected chi connectivity index (χ4v) is 4.85. The standard InChI is InChI=1S/C23H18N4O5/c1-13-12-15(27(31)32)9-10-16(13)25-22(29)18-17-8-5-11-24-26(17)20(19(18)23(25)30)21(28)14-6-3-2-4-7-14/h2-12,17-20H,1H3/t17-,18+,19+,20-/m1/s1. The van der Waals surface area contributed by atoms with Gasteiger partial charge >= 0.3 is 0 Å². The van der Waals surface area contributed by atoms with Crippen LogP contribution in [0.2, 0.25) is 0 Å². The highest BCUT2D eigenvalue weighted by Crippen LogP contribution is 2.46. The second kappa shape index (κ2) is 7.23. The molecule has 9 heteroatoms. The number of rotatable bonds is 4. The lowest BCUT2D eigenvalue weighted by Gasteiger charge is -2.30. The zero-order chi connectivity index (χ0) is 22.6. The van der Waals surface area contributed by atoms with Crippen molar-refractivity contribution in [1.29, 1.82) is 0 Å². The van der Waals surface area contributed by atoms with E-state index >= 15 is 0 Å². The summed E-state index contributed by atoms with van der Waals surface area (Å²) in [6, 6.07) is 11.2. The molecule has 2 aromatic rings. The highest BCUT2D eigenvalue weighted by Gasteiger charge is 2.64. The van der Waals surface area contributed by atoms with E-state index in [1.807, 2.05) is 0 Å². The quantitative estimate of drug-likeness (QED) is 0.319. The first-order valence-corrected chi connectivity index (χ1v) is 10.1. The number of amides is 2. The lowest BCUT2D eigenvalue weighted by Crippen LogP contribution is -2.46. The van der Waals surface area contributed by atoms with E-state index < -0.39 is 40.7 Å². The lowest BCUT2D eigenvalue weighted by atomic mass is 9.86. The van der Waals surface area contributed by atoms with Crippen LogP contribution in [0.4, 0.5) is 11.4 Å². The fraction of sp³-hybridized carbons (Fsp3) is 0.217. The summed E-state index contributed by atoms with van der Waals surface area (Å²) in [4.78, 5) is 52.1. The Morgan fingerprint density at radius 1 is 1.06 bits per heavy atom. The molecule has 4 atom stereocenters. The molecular formula is C23H18N4O5. The first kappa shape index (κ1) is 19.8. The van der Waals surface area contributed by atoms with Crippen LogP contribution in [0.15, 0.2) is 65.8 Å². The number of hydrogen-bond donors (Lipinski definition) is 0. The van der Waals surface area contributed by atoms with Crippen molar-refractivity contribution in [3.05, 3.63) is 81.9 Å². The summed E-state index contributed by atoms with van der Waals surface area (Å²) in [5.41, 5.74) is 1.03. The number of hydrazone groups is 1. The third-order valence-corrected chi connectivity index (χ3v) is 6.25. The van der Waals surface area contributed by atoms with Gasteiger partial charge in [0.2, 0.25) is 11.8 Å². The Bertz CT molecular complexity index is 1220. The molecule has 9 nitrogen and oxygen atoms in total. The number of carbonyl (C=O) groups excluding carboxylic acids is 3. The van der Waals surface area contributed by atoms with Crippen LogP contribution in [0.25, 0.3) is 0 Å². The van der Waals surface area contributed by atoms with Crippen molar-refractivity contribution < 1.29 is 19.3 Å². The lowest BCUT2D eigenvalue weighted by molar-refractivity contribution is -0.384. The van der Waals surface area contributed by atoms with E-state index in [9.17, 15) is 24.5 Å². The highest BCUT2D eigenvalue weighted by atomic mass is 16.6. The second-order valence-corrected chi connectivity index (χ2v) is 7.99. The maximum absolute atomic E-state index is 13.6. The summed E-state index contributed by atoms with van der Waals surface area (Å²) in [6.45, 7) is 1.61. The molecule has 0 spiro atoms. The average molecular weight is 430 g/mol. The minimum Gasteiger partial charge on any atom is -0.292 e. The first-order valence-electron chi connectivity index (χ1n) is 10.1. The van der Waals surface area contributed by atoms with E-state index in [0.717, 1.165) is 4.90 Å². The molecule has 160 valence electrons. The smallest absolute Gasteiger partial charge is 0.269 e. The van der Waals surface area contributed by atoms with Gasteiger partial charge in [-0.15, -0.1) is 0 Å². The van der Waals surface area contributed by atoms with Crippen LogP contribution in [0, 0.1) is 28.9 Å². The minimum atomic E-state index is -0.923. The Morgan fingerprint density at radius 2 is 1.78 bits per heavy atom. The van der Waals surface area contributed by atoms with Gasteiger partial charge in [0.25, 0.3) is 5.69 Å². The summed E-state index contributed by atoms with van der Waals surface area (Å²) in [7, 11) is 0. The van der Waals surface area contributed by atoms with Gasteiger partial charge in [-0.2, -0.15) is 5.10 Å². The van der Waals surface area contributed by atoms with Gasteiger partial charge < -0.3 is 0 Å².